The van der Waals surface area contributed by atoms with Crippen LogP contribution in [0.2, 0.25) is 0 Å². The molecule has 0 radical (unpaired) electrons. The van der Waals surface area contributed by atoms with Gasteiger partial charge in [-0.25, -0.2) is 4.79 Å². The number of likely N-dealkylation sites (tertiary alicyclic amines) is 1. The Balaban J connectivity index is 1.37. The zero-order valence-electron chi connectivity index (χ0n) is 17.4. The average Bonchev–Trinajstić information content (AvgIpc) is 2.75. The van der Waals surface area contributed by atoms with Gasteiger partial charge in [-0.15, -0.1) is 0 Å². The Hall–Kier alpha value is -2.48. The minimum absolute atomic E-state index is 0.0643. The van der Waals surface area contributed by atoms with Crippen molar-refractivity contribution >= 4 is 17.7 Å². The van der Waals surface area contributed by atoms with Gasteiger partial charge >= 0.3 is 6.09 Å². The van der Waals surface area contributed by atoms with Crippen LogP contribution in [0.3, 0.4) is 0 Å². The summed E-state index contributed by atoms with van der Waals surface area (Å²) in [5.74, 6) is 0.924. The molecule has 8 nitrogen and oxygen atoms in total. The molecule has 0 aromatic heterocycles. The highest BCUT2D eigenvalue weighted by molar-refractivity contribution is 5.78. The molecule has 1 aromatic rings. The number of hydrogen-bond donors (Lipinski definition) is 1. The van der Waals surface area contributed by atoms with Crippen molar-refractivity contribution in [1.29, 1.82) is 0 Å². The van der Waals surface area contributed by atoms with E-state index < -0.39 is 0 Å². The molecule has 1 N–H and O–H groups in total. The lowest BCUT2D eigenvalue weighted by atomic mass is 10.1. The lowest BCUT2D eigenvalue weighted by Gasteiger charge is -2.36. The number of rotatable bonds is 6. The smallest absolute Gasteiger partial charge is 0.409 e. The Bertz CT molecular complexity index is 683. The first kappa shape index (κ1) is 21.2. The Morgan fingerprint density at radius 3 is 2.48 bits per heavy atom. The quantitative estimate of drug-likeness (QED) is 0.776. The minimum Gasteiger partial charge on any atom is -0.497 e. The molecule has 0 saturated carbocycles. The van der Waals surface area contributed by atoms with E-state index >= 15 is 0 Å². The third-order valence-corrected chi connectivity index (χ3v) is 5.54. The van der Waals surface area contributed by atoms with Gasteiger partial charge in [0.2, 0.25) is 5.91 Å². The van der Waals surface area contributed by atoms with Crippen LogP contribution >= 0.6 is 0 Å². The summed E-state index contributed by atoms with van der Waals surface area (Å²) in [6.45, 7) is 7.35. The van der Waals surface area contributed by atoms with Crippen molar-refractivity contribution in [2.24, 2.45) is 0 Å². The SMILES string of the molecule is CCOC(=O)N1CCC(NC(=O)CN2CCN(c3cccc(OC)c3)CC2)CC1. The van der Waals surface area contributed by atoms with Crippen molar-refractivity contribution in [3.05, 3.63) is 24.3 Å². The summed E-state index contributed by atoms with van der Waals surface area (Å²) in [5, 5.41) is 3.13. The van der Waals surface area contributed by atoms with Crippen molar-refractivity contribution in [3.8, 4) is 5.75 Å². The second-order valence-electron chi connectivity index (χ2n) is 7.49. The molecule has 2 heterocycles. The van der Waals surface area contributed by atoms with E-state index in [9.17, 15) is 9.59 Å². The number of nitrogens with one attached hydrogen (secondary N) is 1. The molecule has 160 valence electrons. The number of amides is 2. The van der Waals surface area contributed by atoms with Crippen LogP contribution < -0.4 is 15.0 Å². The highest BCUT2D eigenvalue weighted by Gasteiger charge is 2.25. The van der Waals surface area contributed by atoms with Gasteiger partial charge < -0.3 is 24.6 Å². The molecule has 29 heavy (non-hydrogen) atoms. The van der Waals surface area contributed by atoms with Crippen LogP contribution in [0.5, 0.6) is 5.75 Å². The molecule has 2 saturated heterocycles. The molecule has 3 rings (SSSR count). The molecular weight excluding hydrogens is 372 g/mol. The third kappa shape index (κ3) is 6.00. The van der Waals surface area contributed by atoms with Crippen molar-refractivity contribution in [3.63, 3.8) is 0 Å². The summed E-state index contributed by atoms with van der Waals surface area (Å²) >= 11 is 0. The number of anilines is 1. The summed E-state index contributed by atoms with van der Waals surface area (Å²) in [4.78, 5) is 30.4. The molecule has 2 aliphatic heterocycles. The highest BCUT2D eigenvalue weighted by Crippen LogP contribution is 2.22. The van der Waals surface area contributed by atoms with Crippen molar-refractivity contribution in [2.45, 2.75) is 25.8 Å². The number of carbonyl (C=O) groups is 2. The molecule has 0 aliphatic carbocycles. The van der Waals surface area contributed by atoms with Gasteiger partial charge in [0.05, 0.1) is 20.3 Å². The van der Waals surface area contributed by atoms with E-state index in [1.165, 1.54) is 0 Å². The van der Waals surface area contributed by atoms with Crippen LogP contribution in [-0.4, -0.2) is 87.4 Å². The molecule has 8 heteroatoms. The van der Waals surface area contributed by atoms with Crippen molar-refractivity contribution in [2.75, 3.05) is 64.4 Å². The van der Waals surface area contributed by atoms with Crippen LogP contribution in [0.4, 0.5) is 10.5 Å². The number of ether oxygens (including phenoxy) is 2. The monoisotopic (exact) mass is 404 g/mol. The topological polar surface area (TPSA) is 74.4 Å². The average molecular weight is 405 g/mol. The Kier molecular flexibility index (Phi) is 7.57. The second kappa shape index (κ2) is 10.3. The number of hydrogen-bond acceptors (Lipinski definition) is 6. The van der Waals surface area contributed by atoms with Crippen molar-refractivity contribution in [1.82, 2.24) is 15.1 Å². The molecule has 0 bridgehead atoms. The van der Waals surface area contributed by atoms with Gasteiger partial charge in [-0.1, -0.05) is 6.07 Å². The van der Waals surface area contributed by atoms with Crippen LogP contribution in [0.1, 0.15) is 19.8 Å². The van der Waals surface area contributed by atoms with Gasteiger partial charge in [0.15, 0.2) is 0 Å². The molecular formula is C21H32N4O4. The fourth-order valence-corrected chi connectivity index (χ4v) is 3.87. The fourth-order valence-electron chi connectivity index (χ4n) is 3.87. The number of piperazine rings is 1. The minimum atomic E-state index is -0.258. The molecule has 0 spiro atoms. The number of methoxy groups -OCH3 is 1. The van der Waals surface area contributed by atoms with Gasteiger partial charge in [-0.05, 0) is 31.9 Å². The summed E-state index contributed by atoms with van der Waals surface area (Å²) in [6, 6.07) is 8.22. The zero-order chi connectivity index (χ0) is 20.6. The van der Waals surface area contributed by atoms with E-state index in [4.69, 9.17) is 9.47 Å². The van der Waals surface area contributed by atoms with Crippen molar-refractivity contribution < 1.29 is 19.1 Å². The van der Waals surface area contributed by atoms with Crippen LogP contribution in [0, 0.1) is 0 Å². The molecule has 2 amide bonds. The summed E-state index contributed by atoms with van der Waals surface area (Å²) in [6.07, 6.45) is 1.29. The molecule has 0 unspecified atom stereocenters. The number of carbonyl (C=O) groups excluding carboxylic acids is 2. The van der Waals surface area contributed by atoms with Crippen LogP contribution in [0.15, 0.2) is 24.3 Å². The Labute approximate surface area is 172 Å². The number of benzene rings is 1. The number of piperidine rings is 1. The number of nitrogens with zero attached hydrogens (tertiary/aromatic N) is 3. The maximum Gasteiger partial charge on any atom is 0.409 e. The van der Waals surface area contributed by atoms with E-state index in [1.807, 2.05) is 18.2 Å². The van der Waals surface area contributed by atoms with Gasteiger partial charge in [0, 0.05) is 57.1 Å². The van der Waals surface area contributed by atoms with E-state index in [2.05, 4.69) is 21.2 Å². The van der Waals surface area contributed by atoms with E-state index in [0.717, 1.165) is 50.5 Å². The summed E-state index contributed by atoms with van der Waals surface area (Å²) in [5.41, 5.74) is 1.15. The van der Waals surface area contributed by atoms with E-state index in [-0.39, 0.29) is 18.0 Å². The van der Waals surface area contributed by atoms with Crippen LogP contribution in [0.25, 0.3) is 0 Å². The largest absolute Gasteiger partial charge is 0.497 e. The molecule has 2 aliphatic rings. The summed E-state index contributed by atoms with van der Waals surface area (Å²) < 4.78 is 10.3. The first-order valence-corrected chi connectivity index (χ1v) is 10.4. The van der Waals surface area contributed by atoms with E-state index in [0.29, 0.717) is 26.2 Å². The van der Waals surface area contributed by atoms with Gasteiger partial charge in [0.1, 0.15) is 5.75 Å². The fraction of sp³-hybridized carbons (Fsp3) is 0.619. The molecule has 0 atom stereocenters. The second-order valence-corrected chi connectivity index (χ2v) is 7.49. The highest BCUT2D eigenvalue weighted by atomic mass is 16.6. The van der Waals surface area contributed by atoms with Gasteiger partial charge in [0.25, 0.3) is 0 Å². The Morgan fingerprint density at radius 2 is 1.83 bits per heavy atom. The lowest BCUT2D eigenvalue weighted by molar-refractivity contribution is -0.123. The van der Waals surface area contributed by atoms with E-state index in [1.54, 1.807) is 18.9 Å². The first-order valence-electron chi connectivity index (χ1n) is 10.4. The zero-order valence-corrected chi connectivity index (χ0v) is 17.4. The maximum absolute atomic E-state index is 12.4. The predicted molar refractivity (Wildman–Crippen MR) is 111 cm³/mol. The predicted octanol–water partition coefficient (Wildman–Crippen LogP) is 1.55. The van der Waals surface area contributed by atoms with Crippen LogP contribution in [-0.2, 0) is 9.53 Å². The normalized spacial score (nSPS) is 18.4. The third-order valence-electron chi connectivity index (χ3n) is 5.54. The lowest BCUT2D eigenvalue weighted by Crippen LogP contribution is -2.52. The van der Waals surface area contributed by atoms with Gasteiger partial charge in [-0.2, -0.15) is 0 Å². The summed E-state index contributed by atoms with van der Waals surface area (Å²) in [7, 11) is 1.68. The maximum atomic E-state index is 12.4. The molecule has 1 aromatic carbocycles. The Morgan fingerprint density at radius 1 is 1.10 bits per heavy atom. The standard InChI is InChI=1S/C21H32N4O4/c1-3-29-21(27)25-9-7-17(8-10-25)22-20(26)16-23-11-13-24(14-12-23)18-5-4-6-19(15-18)28-2/h4-6,15,17H,3,7-14,16H2,1-2H3,(H,22,26). The first-order chi connectivity index (χ1) is 14.1. The molecule has 2 fully saturated rings. The van der Waals surface area contributed by atoms with Gasteiger partial charge in [-0.3, -0.25) is 9.69 Å².